The molecule has 0 spiro atoms. The van der Waals surface area contributed by atoms with Gasteiger partial charge in [0.15, 0.2) is 11.9 Å². The second kappa shape index (κ2) is 16.7. The molecule has 13 heteroatoms. The summed E-state index contributed by atoms with van der Waals surface area (Å²) in [6, 6.07) is -0.638. The van der Waals surface area contributed by atoms with Gasteiger partial charge in [-0.25, -0.2) is 9.79 Å². The van der Waals surface area contributed by atoms with Crippen LogP contribution in [0.1, 0.15) is 91.4 Å². The van der Waals surface area contributed by atoms with Gasteiger partial charge in [-0.15, -0.1) is 0 Å². The fraction of sp³-hybridized carbons (Fsp3) is 0.818. The molecule has 0 aliphatic heterocycles. The number of rotatable bonds is 15. The normalized spacial score (nSPS) is 32.1. The topological polar surface area (TPSA) is 196 Å². The Kier molecular flexibility index (Phi) is 13.3. The minimum absolute atomic E-state index is 0.0390. The summed E-state index contributed by atoms with van der Waals surface area (Å²) in [5.74, 6) is 4.53. The number of unbranched alkanes of at least 4 members (excludes halogenated alkanes) is 1. The molecule has 4 rings (SSSR count). The van der Waals surface area contributed by atoms with Gasteiger partial charge >= 0.3 is 6.09 Å². The van der Waals surface area contributed by atoms with Crippen LogP contribution in [-0.2, 0) is 9.53 Å². The molecule has 8 atom stereocenters. The fourth-order valence-electron chi connectivity index (χ4n) is 8.92. The zero-order valence-electron chi connectivity index (χ0n) is 28.1. The molecule has 260 valence electrons. The number of nitrogens with zero attached hydrogens (tertiary/aromatic N) is 2. The van der Waals surface area contributed by atoms with Gasteiger partial charge in [-0.1, -0.05) is 54.0 Å². The fourth-order valence-corrected chi connectivity index (χ4v) is 10.7. The van der Waals surface area contributed by atoms with E-state index in [4.69, 9.17) is 27.7 Å². The van der Waals surface area contributed by atoms with Crippen molar-refractivity contribution >= 4 is 45.5 Å². The first-order valence-electron chi connectivity index (χ1n) is 17.2. The Hall–Kier alpha value is -2.28. The number of guanidine groups is 2. The lowest BCUT2D eigenvalue weighted by atomic mass is 9.47. The molecule has 0 aromatic heterocycles. The lowest BCUT2D eigenvalue weighted by molar-refractivity contribution is -0.122. The lowest BCUT2D eigenvalue weighted by Crippen LogP contribution is -2.50. The second-order valence-electron chi connectivity index (χ2n) is 14.3. The van der Waals surface area contributed by atoms with Crippen molar-refractivity contribution in [3.8, 4) is 0 Å². The largest absolute Gasteiger partial charge is 0.446 e. The Morgan fingerprint density at radius 1 is 0.978 bits per heavy atom. The Labute approximate surface area is 283 Å². The molecule has 0 aromatic rings. The summed E-state index contributed by atoms with van der Waals surface area (Å²) in [5, 5.41) is 5.82. The Morgan fingerprint density at radius 3 is 2.43 bits per heavy atom. The van der Waals surface area contributed by atoms with E-state index in [0.717, 1.165) is 60.9 Å². The SMILES string of the molecule is CC1CCC2C3CC=C4CC(OC(=O)NCCSSCCNC(=O)C(CCCCN=C(N)N)N=C(N)N)CCC4(C)C3CCC12C. The quantitative estimate of drug-likeness (QED) is 0.0482. The average Bonchev–Trinajstić information content (AvgIpc) is 3.31. The van der Waals surface area contributed by atoms with Gasteiger partial charge in [0.25, 0.3) is 0 Å². The van der Waals surface area contributed by atoms with E-state index in [-0.39, 0.29) is 35.4 Å². The summed E-state index contributed by atoms with van der Waals surface area (Å²) in [6.07, 6.45) is 13.8. The van der Waals surface area contributed by atoms with Gasteiger partial charge in [0, 0.05) is 37.6 Å². The van der Waals surface area contributed by atoms with Crippen LogP contribution < -0.4 is 33.6 Å². The van der Waals surface area contributed by atoms with Crippen molar-refractivity contribution in [3.63, 3.8) is 0 Å². The molecule has 3 saturated carbocycles. The van der Waals surface area contributed by atoms with E-state index in [1.165, 1.54) is 32.1 Å². The molecular formula is C33H58N8O3S2. The summed E-state index contributed by atoms with van der Waals surface area (Å²) in [6.45, 7) is 9.09. The Balaban J connectivity index is 1.08. The van der Waals surface area contributed by atoms with Gasteiger partial charge in [-0.2, -0.15) is 0 Å². The second-order valence-corrected chi connectivity index (χ2v) is 17.0. The molecule has 11 nitrogen and oxygen atoms in total. The van der Waals surface area contributed by atoms with Gasteiger partial charge in [0.05, 0.1) is 0 Å². The van der Waals surface area contributed by atoms with E-state index in [1.54, 1.807) is 27.2 Å². The molecule has 10 N–H and O–H groups in total. The minimum atomic E-state index is -0.638. The van der Waals surface area contributed by atoms with Crippen LogP contribution in [0.15, 0.2) is 21.6 Å². The van der Waals surface area contributed by atoms with Crippen LogP contribution in [0.2, 0.25) is 0 Å². The number of ether oxygens (including phenoxy) is 1. The number of nitrogens with two attached hydrogens (primary N) is 4. The Morgan fingerprint density at radius 2 is 1.72 bits per heavy atom. The highest BCUT2D eigenvalue weighted by Gasteiger charge is 2.57. The van der Waals surface area contributed by atoms with E-state index >= 15 is 0 Å². The van der Waals surface area contributed by atoms with Crippen molar-refractivity contribution < 1.29 is 14.3 Å². The van der Waals surface area contributed by atoms with Crippen LogP contribution in [0, 0.1) is 34.5 Å². The molecular weight excluding hydrogens is 621 g/mol. The number of carbonyl (C=O) groups excluding carboxylic acids is 2. The molecule has 0 heterocycles. The number of allylic oxidation sites excluding steroid dienone is 1. The highest BCUT2D eigenvalue weighted by atomic mass is 33.1. The standard InChI is InChI=1S/C33H58N8O3S2/c1-21-7-10-25-24-9-8-22-20-23(11-13-33(22,3)26(24)12-14-32(21,25)2)44-31(43)40-17-19-46-45-18-16-38-28(42)27(41-30(36)37)6-4-5-15-39-29(34)35/h8,21,23-27H,4-7,9-20H2,1-3H3,(H,38,42)(H,40,43)(H4,34,35,39)(H4,36,37,41). The third-order valence-electron chi connectivity index (χ3n) is 11.6. The van der Waals surface area contributed by atoms with Gasteiger partial charge in [-0.3, -0.25) is 9.79 Å². The molecule has 4 aliphatic rings. The number of amides is 2. The summed E-state index contributed by atoms with van der Waals surface area (Å²) in [7, 11) is 3.29. The molecule has 0 saturated heterocycles. The highest BCUT2D eigenvalue weighted by molar-refractivity contribution is 8.76. The zero-order chi connectivity index (χ0) is 33.3. The predicted octanol–water partition coefficient (Wildman–Crippen LogP) is 4.26. The van der Waals surface area contributed by atoms with Gasteiger partial charge < -0.3 is 38.3 Å². The molecule has 0 bridgehead atoms. The molecule has 4 aliphatic carbocycles. The number of alkyl carbamates (subject to hydrolysis) is 1. The van der Waals surface area contributed by atoms with E-state index < -0.39 is 6.04 Å². The van der Waals surface area contributed by atoms with Crippen LogP contribution in [0.25, 0.3) is 0 Å². The van der Waals surface area contributed by atoms with Gasteiger partial charge in [0.2, 0.25) is 5.91 Å². The van der Waals surface area contributed by atoms with Crippen molar-refractivity contribution in [2.75, 3.05) is 31.1 Å². The van der Waals surface area contributed by atoms with Gasteiger partial charge in [-0.05, 0) is 98.7 Å². The summed E-state index contributed by atoms with van der Waals surface area (Å²) < 4.78 is 5.89. The third-order valence-corrected chi connectivity index (χ3v) is 14.0. The molecule has 46 heavy (non-hydrogen) atoms. The molecule has 2 amide bonds. The number of fused-ring (bicyclic) bond motifs is 5. The number of hydrogen-bond acceptors (Lipinski definition) is 7. The lowest BCUT2D eigenvalue weighted by Gasteiger charge is -2.58. The first-order chi connectivity index (χ1) is 21.9. The smallest absolute Gasteiger partial charge is 0.407 e. The summed E-state index contributed by atoms with van der Waals surface area (Å²) >= 11 is 0. The number of aliphatic imine (C=N–C) groups is 2. The van der Waals surface area contributed by atoms with Crippen LogP contribution in [0.5, 0.6) is 0 Å². The van der Waals surface area contributed by atoms with Crippen LogP contribution in [0.3, 0.4) is 0 Å². The minimum Gasteiger partial charge on any atom is -0.446 e. The predicted molar refractivity (Wildman–Crippen MR) is 191 cm³/mol. The van der Waals surface area contributed by atoms with E-state index in [2.05, 4.69) is 47.5 Å². The molecule has 8 unspecified atom stereocenters. The number of nitrogens with one attached hydrogen (secondary N) is 2. The maximum Gasteiger partial charge on any atom is 0.407 e. The maximum absolute atomic E-state index is 12.6. The van der Waals surface area contributed by atoms with Crippen molar-refractivity contribution in [3.05, 3.63) is 11.6 Å². The van der Waals surface area contributed by atoms with Crippen molar-refractivity contribution in [2.45, 2.75) is 104 Å². The maximum atomic E-state index is 12.6. The van der Waals surface area contributed by atoms with E-state index in [0.29, 0.717) is 37.9 Å². The highest BCUT2D eigenvalue weighted by Crippen LogP contribution is 2.66. The van der Waals surface area contributed by atoms with Crippen LogP contribution in [-0.4, -0.2) is 67.2 Å². The van der Waals surface area contributed by atoms with E-state index in [9.17, 15) is 9.59 Å². The van der Waals surface area contributed by atoms with Crippen molar-refractivity contribution in [1.82, 2.24) is 10.6 Å². The first-order valence-corrected chi connectivity index (χ1v) is 19.7. The Bertz CT molecular complexity index is 1140. The van der Waals surface area contributed by atoms with Gasteiger partial charge in [0.1, 0.15) is 12.1 Å². The molecule has 3 fully saturated rings. The monoisotopic (exact) mass is 678 g/mol. The third kappa shape index (κ3) is 9.20. The van der Waals surface area contributed by atoms with Crippen LogP contribution in [0.4, 0.5) is 4.79 Å². The number of carbonyl (C=O) groups is 2. The molecule has 0 radical (unpaired) electrons. The van der Waals surface area contributed by atoms with Crippen molar-refractivity contribution in [1.29, 1.82) is 0 Å². The van der Waals surface area contributed by atoms with E-state index in [1.807, 2.05) is 0 Å². The summed E-state index contributed by atoms with van der Waals surface area (Å²) in [5.41, 5.74) is 24.0. The first kappa shape index (κ1) is 36.6. The van der Waals surface area contributed by atoms with Crippen molar-refractivity contribution in [2.24, 2.45) is 67.4 Å². The average molecular weight is 679 g/mol. The number of hydrogen-bond donors (Lipinski definition) is 6. The summed E-state index contributed by atoms with van der Waals surface area (Å²) in [4.78, 5) is 33.2. The van der Waals surface area contributed by atoms with Crippen LogP contribution >= 0.6 is 21.6 Å². The zero-order valence-corrected chi connectivity index (χ0v) is 29.7. The molecule has 0 aromatic carbocycles.